The van der Waals surface area contributed by atoms with Crippen molar-refractivity contribution < 1.29 is 4.74 Å². The number of ether oxygens (including phenoxy) is 1. The Bertz CT molecular complexity index is 350. The minimum Gasteiger partial charge on any atom is -0.493 e. The van der Waals surface area contributed by atoms with Crippen LogP contribution >= 0.6 is 11.8 Å². The standard InChI is InChI=1S/C15H25NOS/c1-4-12(5-2)11-17-14-8-7-9-15(18-6-3)13(14)10-16/h7-9,12H,4-6,10-11,16H2,1-3H3. The molecule has 0 amide bonds. The van der Waals surface area contributed by atoms with Crippen LogP contribution in [0.15, 0.2) is 23.1 Å². The van der Waals surface area contributed by atoms with E-state index in [1.807, 2.05) is 17.8 Å². The third kappa shape index (κ3) is 4.21. The highest BCUT2D eigenvalue weighted by Gasteiger charge is 2.10. The summed E-state index contributed by atoms with van der Waals surface area (Å²) in [6.07, 6.45) is 2.33. The first-order valence-electron chi connectivity index (χ1n) is 6.84. The minimum atomic E-state index is 0.543. The summed E-state index contributed by atoms with van der Waals surface area (Å²) in [5.74, 6) is 2.66. The Morgan fingerprint density at radius 1 is 1.22 bits per heavy atom. The Morgan fingerprint density at radius 2 is 1.94 bits per heavy atom. The number of nitrogens with two attached hydrogens (primary N) is 1. The molecule has 0 aromatic heterocycles. The average molecular weight is 267 g/mol. The summed E-state index contributed by atoms with van der Waals surface area (Å²) in [5, 5.41) is 0. The third-order valence-corrected chi connectivity index (χ3v) is 4.21. The van der Waals surface area contributed by atoms with Gasteiger partial charge in [0.05, 0.1) is 6.61 Å². The molecule has 0 heterocycles. The van der Waals surface area contributed by atoms with Crippen LogP contribution in [-0.4, -0.2) is 12.4 Å². The highest BCUT2D eigenvalue weighted by molar-refractivity contribution is 7.99. The molecule has 0 saturated heterocycles. The van der Waals surface area contributed by atoms with E-state index in [1.165, 1.54) is 4.90 Å². The van der Waals surface area contributed by atoms with E-state index in [0.717, 1.165) is 36.5 Å². The van der Waals surface area contributed by atoms with Gasteiger partial charge in [-0.2, -0.15) is 0 Å². The van der Waals surface area contributed by atoms with Crippen LogP contribution in [0.5, 0.6) is 5.75 Å². The number of hydrogen-bond donors (Lipinski definition) is 1. The highest BCUT2D eigenvalue weighted by Crippen LogP contribution is 2.30. The summed E-state index contributed by atoms with van der Waals surface area (Å²) in [7, 11) is 0. The molecule has 0 atom stereocenters. The quantitative estimate of drug-likeness (QED) is 0.721. The molecule has 0 aliphatic rings. The van der Waals surface area contributed by atoms with Gasteiger partial charge in [-0.05, 0) is 23.8 Å². The van der Waals surface area contributed by atoms with E-state index in [0.29, 0.717) is 12.5 Å². The Kier molecular flexibility index (Phi) is 7.21. The number of rotatable bonds is 8. The normalized spacial score (nSPS) is 10.9. The molecular formula is C15H25NOS. The van der Waals surface area contributed by atoms with Gasteiger partial charge in [0.25, 0.3) is 0 Å². The lowest BCUT2D eigenvalue weighted by Crippen LogP contribution is -2.12. The van der Waals surface area contributed by atoms with Crippen molar-refractivity contribution >= 4 is 11.8 Å². The molecule has 0 radical (unpaired) electrons. The van der Waals surface area contributed by atoms with Crippen molar-refractivity contribution in [2.75, 3.05) is 12.4 Å². The predicted octanol–water partition coefficient (Wildman–Crippen LogP) is 4.07. The van der Waals surface area contributed by atoms with Gasteiger partial charge in [-0.25, -0.2) is 0 Å². The van der Waals surface area contributed by atoms with Crippen LogP contribution in [0.2, 0.25) is 0 Å². The van der Waals surface area contributed by atoms with Crippen molar-refractivity contribution in [3.63, 3.8) is 0 Å². The van der Waals surface area contributed by atoms with Gasteiger partial charge in [-0.3, -0.25) is 0 Å². The lowest BCUT2D eigenvalue weighted by atomic mass is 10.1. The maximum atomic E-state index is 5.97. The molecule has 0 saturated carbocycles. The largest absolute Gasteiger partial charge is 0.493 e. The summed E-state index contributed by atoms with van der Waals surface area (Å²) in [4.78, 5) is 1.25. The monoisotopic (exact) mass is 267 g/mol. The zero-order valence-corrected chi connectivity index (χ0v) is 12.6. The van der Waals surface area contributed by atoms with E-state index in [2.05, 4.69) is 32.9 Å². The summed E-state index contributed by atoms with van der Waals surface area (Å²) in [5.41, 5.74) is 7.01. The molecule has 102 valence electrons. The van der Waals surface area contributed by atoms with E-state index in [4.69, 9.17) is 10.5 Å². The molecule has 18 heavy (non-hydrogen) atoms. The molecule has 1 rings (SSSR count). The molecule has 0 unspecified atom stereocenters. The summed E-state index contributed by atoms with van der Waals surface area (Å²) < 4.78 is 5.97. The molecule has 0 bridgehead atoms. The number of thioether (sulfide) groups is 1. The molecule has 1 aromatic rings. The fraction of sp³-hybridized carbons (Fsp3) is 0.600. The first kappa shape index (κ1) is 15.4. The topological polar surface area (TPSA) is 35.2 Å². The Labute approximate surface area is 115 Å². The van der Waals surface area contributed by atoms with Crippen molar-refractivity contribution in [2.45, 2.75) is 45.1 Å². The van der Waals surface area contributed by atoms with Gasteiger partial charge < -0.3 is 10.5 Å². The van der Waals surface area contributed by atoms with Crippen LogP contribution in [0, 0.1) is 5.92 Å². The lowest BCUT2D eigenvalue weighted by Gasteiger charge is -2.17. The Hall–Kier alpha value is -0.670. The second-order valence-electron chi connectivity index (χ2n) is 4.36. The van der Waals surface area contributed by atoms with Gasteiger partial charge in [0, 0.05) is 17.0 Å². The maximum Gasteiger partial charge on any atom is 0.124 e. The van der Waals surface area contributed by atoms with Crippen molar-refractivity contribution in [3.8, 4) is 5.75 Å². The first-order valence-corrected chi connectivity index (χ1v) is 7.82. The molecule has 0 fully saturated rings. The molecule has 2 nitrogen and oxygen atoms in total. The second kappa shape index (κ2) is 8.44. The van der Waals surface area contributed by atoms with Gasteiger partial charge in [-0.15, -0.1) is 11.8 Å². The fourth-order valence-electron chi connectivity index (χ4n) is 1.90. The summed E-state index contributed by atoms with van der Waals surface area (Å²) in [6.45, 7) is 7.92. The molecule has 0 spiro atoms. The van der Waals surface area contributed by atoms with Crippen LogP contribution in [-0.2, 0) is 6.54 Å². The van der Waals surface area contributed by atoms with Crippen molar-refractivity contribution in [1.29, 1.82) is 0 Å². The third-order valence-electron chi connectivity index (χ3n) is 3.22. The summed E-state index contributed by atoms with van der Waals surface area (Å²) >= 11 is 1.83. The lowest BCUT2D eigenvalue weighted by molar-refractivity contribution is 0.238. The second-order valence-corrected chi connectivity index (χ2v) is 5.67. The Morgan fingerprint density at radius 3 is 2.50 bits per heavy atom. The van der Waals surface area contributed by atoms with Crippen LogP contribution in [0.4, 0.5) is 0 Å². The van der Waals surface area contributed by atoms with Crippen LogP contribution in [0.25, 0.3) is 0 Å². The van der Waals surface area contributed by atoms with Gasteiger partial charge >= 0.3 is 0 Å². The van der Waals surface area contributed by atoms with Gasteiger partial charge in [0.15, 0.2) is 0 Å². The zero-order chi connectivity index (χ0) is 13.4. The highest BCUT2D eigenvalue weighted by atomic mass is 32.2. The smallest absolute Gasteiger partial charge is 0.124 e. The van der Waals surface area contributed by atoms with E-state index in [1.54, 1.807) is 0 Å². The van der Waals surface area contributed by atoms with E-state index < -0.39 is 0 Å². The average Bonchev–Trinajstić information content (AvgIpc) is 2.40. The minimum absolute atomic E-state index is 0.543. The fourth-order valence-corrected chi connectivity index (χ4v) is 2.75. The molecule has 2 N–H and O–H groups in total. The van der Waals surface area contributed by atoms with Crippen molar-refractivity contribution in [1.82, 2.24) is 0 Å². The molecular weight excluding hydrogens is 242 g/mol. The molecule has 0 aliphatic heterocycles. The SMILES string of the molecule is CCSc1cccc(OCC(CC)CC)c1CN. The first-order chi connectivity index (χ1) is 8.76. The maximum absolute atomic E-state index is 5.97. The van der Waals surface area contributed by atoms with Crippen LogP contribution in [0.3, 0.4) is 0 Å². The van der Waals surface area contributed by atoms with Gasteiger partial charge in [0.2, 0.25) is 0 Å². The Balaban J connectivity index is 2.78. The zero-order valence-electron chi connectivity index (χ0n) is 11.7. The van der Waals surface area contributed by atoms with E-state index >= 15 is 0 Å². The molecule has 1 aromatic carbocycles. The molecule has 3 heteroatoms. The predicted molar refractivity (Wildman–Crippen MR) is 80.3 cm³/mol. The molecule has 0 aliphatic carbocycles. The van der Waals surface area contributed by atoms with Crippen molar-refractivity contribution in [2.24, 2.45) is 11.7 Å². The number of hydrogen-bond acceptors (Lipinski definition) is 3. The van der Waals surface area contributed by atoms with Crippen LogP contribution in [0.1, 0.15) is 39.2 Å². The van der Waals surface area contributed by atoms with Gasteiger partial charge in [-0.1, -0.05) is 39.7 Å². The van der Waals surface area contributed by atoms with E-state index in [9.17, 15) is 0 Å². The van der Waals surface area contributed by atoms with Gasteiger partial charge in [0.1, 0.15) is 5.75 Å². The van der Waals surface area contributed by atoms with Crippen LogP contribution < -0.4 is 10.5 Å². The number of benzene rings is 1. The summed E-state index contributed by atoms with van der Waals surface area (Å²) in [6, 6.07) is 6.21. The van der Waals surface area contributed by atoms with E-state index in [-0.39, 0.29) is 0 Å². The van der Waals surface area contributed by atoms with Crippen molar-refractivity contribution in [3.05, 3.63) is 23.8 Å².